The molecule has 114 valence electrons. The van der Waals surface area contributed by atoms with E-state index in [1.165, 1.54) is 19.3 Å². The first-order valence-electron chi connectivity index (χ1n) is 7.55. The Balaban J connectivity index is 1.53. The minimum Gasteiger partial charge on any atom is -0.454 e. The highest BCUT2D eigenvalue weighted by Gasteiger charge is 2.19. The highest BCUT2D eigenvalue weighted by molar-refractivity contribution is 5.61. The van der Waals surface area contributed by atoms with Gasteiger partial charge in [-0.1, -0.05) is 0 Å². The van der Waals surface area contributed by atoms with Crippen LogP contribution in [0.5, 0.6) is 11.5 Å². The minimum atomic E-state index is 0.273. The van der Waals surface area contributed by atoms with E-state index in [2.05, 4.69) is 20.6 Å². The van der Waals surface area contributed by atoms with Crippen LogP contribution in [0.2, 0.25) is 0 Å². The summed E-state index contributed by atoms with van der Waals surface area (Å²) < 4.78 is 10.7. The molecule has 1 aromatic carbocycles. The number of fused-ring (bicyclic) bond motifs is 1. The van der Waals surface area contributed by atoms with Gasteiger partial charge in [0.25, 0.3) is 0 Å². The van der Waals surface area contributed by atoms with E-state index in [4.69, 9.17) is 9.47 Å². The summed E-state index contributed by atoms with van der Waals surface area (Å²) in [6.45, 7) is 2.29. The highest BCUT2D eigenvalue weighted by atomic mass is 16.7. The highest BCUT2D eigenvalue weighted by Crippen LogP contribution is 2.35. The molecule has 0 atom stereocenters. The number of hydrogen-bond donors (Lipinski definition) is 2. The first-order chi connectivity index (χ1) is 10.8. The van der Waals surface area contributed by atoms with Crippen LogP contribution >= 0.6 is 0 Å². The third-order valence-corrected chi connectivity index (χ3v) is 4.05. The lowest BCUT2D eigenvalue weighted by atomic mass is 9.93. The molecule has 6 heteroatoms. The Kier molecular flexibility index (Phi) is 3.21. The van der Waals surface area contributed by atoms with E-state index in [-0.39, 0.29) is 6.79 Å². The maximum atomic E-state index is 5.38. The summed E-state index contributed by atoms with van der Waals surface area (Å²) in [5.74, 6) is 2.99. The molecule has 2 N–H and O–H groups in total. The average Bonchev–Trinajstić information content (AvgIpc) is 2.93. The van der Waals surface area contributed by atoms with Crippen LogP contribution in [0.25, 0.3) is 0 Å². The predicted molar refractivity (Wildman–Crippen MR) is 83.9 cm³/mol. The van der Waals surface area contributed by atoms with E-state index in [1.54, 1.807) is 0 Å². The Morgan fingerprint density at radius 1 is 1.18 bits per heavy atom. The fourth-order valence-corrected chi connectivity index (χ4v) is 2.50. The van der Waals surface area contributed by atoms with Gasteiger partial charge in [0.05, 0.1) is 0 Å². The molecule has 1 saturated carbocycles. The van der Waals surface area contributed by atoms with Crippen molar-refractivity contribution in [3.8, 4) is 11.5 Å². The number of aryl methyl sites for hydroxylation is 1. The maximum absolute atomic E-state index is 5.38. The number of nitrogens with one attached hydrogen (secondary N) is 2. The molecule has 0 saturated heterocycles. The molecule has 1 aliphatic heterocycles. The van der Waals surface area contributed by atoms with Gasteiger partial charge in [0.2, 0.25) is 12.7 Å². The largest absolute Gasteiger partial charge is 0.454 e. The molecule has 2 heterocycles. The SMILES string of the molecule is Cc1cnc(Nc2ccc3c(c2)OCO3)nc1NC1CCC1. The second-order valence-electron chi connectivity index (χ2n) is 5.69. The lowest BCUT2D eigenvalue weighted by Crippen LogP contribution is -2.28. The van der Waals surface area contributed by atoms with Gasteiger partial charge >= 0.3 is 0 Å². The third-order valence-electron chi connectivity index (χ3n) is 4.05. The number of ether oxygens (including phenoxy) is 2. The summed E-state index contributed by atoms with van der Waals surface area (Å²) >= 11 is 0. The molecule has 4 rings (SSSR count). The van der Waals surface area contributed by atoms with Crippen LogP contribution in [-0.2, 0) is 0 Å². The second kappa shape index (κ2) is 5.36. The van der Waals surface area contributed by atoms with Crippen molar-refractivity contribution in [3.63, 3.8) is 0 Å². The van der Waals surface area contributed by atoms with E-state index in [0.717, 1.165) is 28.6 Å². The molecule has 6 nitrogen and oxygen atoms in total. The zero-order chi connectivity index (χ0) is 14.9. The summed E-state index contributed by atoms with van der Waals surface area (Å²) in [5.41, 5.74) is 1.94. The molecule has 1 fully saturated rings. The fraction of sp³-hybridized carbons (Fsp3) is 0.375. The van der Waals surface area contributed by atoms with Gasteiger partial charge in [-0.15, -0.1) is 0 Å². The van der Waals surface area contributed by atoms with Crippen LogP contribution in [0.1, 0.15) is 24.8 Å². The third kappa shape index (κ3) is 2.52. The molecule has 0 bridgehead atoms. The lowest BCUT2D eigenvalue weighted by molar-refractivity contribution is 0.174. The molecular formula is C16H18N4O2. The number of benzene rings is 1. The van der Waals surface area contributed by atoms with Crippen molar-refractivity contribution in [1.82, 2.24) is 9.97 Å². The standard InChI is InChI=1S/C16H18N4O2/c1-10-8-17-16(20-15(10)18-11-3-2-4-11)19-12-5-6-13-14(7-12)22-9-21-13/h5-8,11H,2-4,9H2,1H3,(H2,17,18,19,20). The Labute approximate surface area is 128 Å². The molecule has 1 aromatic heterocycles. The monoisotopic (exact) mass is 298 g/mol. The van der Waals surface area contributed by atoms with Crippen LogP contribution in [0, 0.1) is 6.92 Å². The minimum absolute atomic E-state index is 0.273. The summed E-state index contributed by atoms with van der Waals surface area (Å²) in [4.78, 5) is 8.92. The van der Waals surface area contributed by atoms with Crippen molar-refractivity contribution < 1.29 is 9.47 Å². The molecule has 22 heavy (non-hydrogen) atoms. The number of aromatic nitrogens is 2. The summed E-state index contributed by atoms with van der Waals surface area (Å²) in [6, 6.07) is 6.25. The van der Waals surface area contributed by atoms with Gasteiger partial charge in [-0.2, -0.15) is 4.98 Å². The van der Waals surface area contributed by atoms with Gasteiger partial charge in [-0.3, -0.25) is 0 Å². The number of anilines is 3. The fourth-order valence-electron chi connectivity index (χ4n) is 2.50. The smallest absolute Gasteiger partial charge is 0.231 e. The van der Waals surface area contributed by atoms with Gasteiger partial charge in [-0.05, 0) is 38.3 Å². The van der Waals surface area contributed by atoms with E-state index in [9.17, 15) is 0 Å². The van der Waals surface area contributed by atoms with Crippen molar-refractivity contribution in [2.24, 2.45) is 0 Å². The Bertz CT molecular complexity index is 701. The van der Waals surface area contributed by atoms with Crippen molar-refractivity contribution in [2.75, 3.05) is 17.4 Å². The van der Waals surface area contributed by atoms with Crippen LogP contribution in [0.3, 0.4) is 0 Å². The lowest BCUT2D eigenvalue weighted by Gasteiger charge is -2.27. The summed E-state index contributed by atoms with van der Waals surface area (Å²) in [7, 11) is 0. The number of nitrogens with zero attached hydrogens (tertiary/aromatic N) is 2. The van der Waals surface area contributed by atoms with Gasteiger partial charge in [0, 0.05) is 29.6 Å². The number of rotatable bonds is 4. The van der Waals surface area contributed by atoms with E-state index >= 15 is 0 Å². The summed E-state index contributed by atoms with van der Waals surface area (Å²) in [6.07, 6.45) is 5.57. The van der Waals surface area contributed by atoms with Crippen molar-refractivity contribution in [1.29, 1.82) is 0 Å². The second-order valence-corrected chi connectivity index (χ2v) is 5.69. The molecule has 0 unspecified atom stereocenters. The molecule has 1 aliphatic carbocycles. The van der Waals surface area contributed by atoms with E-state index < -0.39 is 0 Å². The maximum Gasteiger partial charge on any atom is 0.231 e. The van der Waals surface area contributed by atoms with Crippen molar-refractivity contribution >= 4 is 17.5 Å². The van der Waals surface area contributed by atoms with Gasteiger partial charge < -0.3 is 20.1 Å². The quantitative estimate of drug-likeness (QED) is 0.903. The zero-order valence-corrected chi connectivity index (χ0v) is 12.4. The van der Waals surface area contributed by atoms with Crippen molar-refractivity contribution in [3.05, 3.63) is 30.0 Å². The predicted octanol–water partition coefficient (Wildman–Crippen LogP) is 3.22. The Hall–Kier alpha value is -2.50. The molecule has 0 radical (unpaired) electrons. The van der Waals surface area contributed by atoms with Crippen LogP contribution in [0.4, 0.5) is 17.5 Å². The van der Waals surface area contributed by atoms with E-state index in [1.807, 2.05) is 31.3 Å². The first kappa shape index (κ1) is 13.2. The summed E-state index contributed by atoms with van der Waals surface area (Å²) in [5, 5.41) is 6.69. The first-order valence-corrected chi connectivity index (χ1v) is 7.55. The molecule has 2 aromatic rings. The normalized spacial score (nSPS) is 16.2. The Morgan fingerprint density at radius 3 is 2.86 bits per heavy atom. The zero-order valence-electron chi connectivity index (χ0n) is 12.4. The molecule has 0 amide bonds. The molecule has 0 spiro atoms. The number of hydrogen-bond acceptors (Lipinski definition) is 6. The van der Waals surface area contributed by atoms with Gasteiger partial charge in [0.15, 0.2) is 11.5 Å². The van der Waals surface area contributed by atoms with Crippen LogP contribution in [-0.4, -0.2) is 22.8 Å². The molecular weight excluding hydrogens is 280 g/mol. The van der Waals surface area contributed by atoms with Gasteiger partial charge in [-0.25, -0.2) is 4.98 Å². The van der Waals surface area contributed by atoms with Crippen LogP contribution in [0.15, 0.2) is 24.4 Å². The average molecular weight is 298 g/mol. The topological polar surface area (TPSA) is 68.3 Å². The van der Waals surface area contributed by atoms with Crippen LogP contribution < -0.4 is 20.1 Å². The Morgan fingerprint density at radius 2 is 2.05 bits per heavy atom. The molecule has 2 aliphatic rings. The van der Waals surface area contributed by atoms with Gasteiger partial charge in [0.1, 0.15) is 5.82 Å². The van der Waals surface area contributed by atoms with Crippen molar-refractivity contribution in [2.45, 2.75) is 32.2 Å². The van der Waals surface area contributed by atoms with E-state index in [0.29, 0.717) is 12.0 Å².